The largest absolute Gasteiger partial charge is 0.493 e. The molecule has 0 aliphatic heterocycles. The smallest absolute Gasteiger partial charge is 0.241 e. The predicted molar refractivity (Wildman–Crippen MR) is 87.9 cm³/mol. The van der Waals surface area contributed by atoms with E-state index in [1.54, 1.807) is 24.3 Å². The lowest BCUT2D eigenvalue weighted by Gasteiger charge is -2.39. The van der Waals surface area contributed by atoms with E-state index in [4.69, 9.17) is 4.74 Å². The minimum atomic E-state index is -2.52. The molecule has 0 radical (unpaired) electrons. The first kappa shape index (κ1) is 18.2. The summed E-state index contributed by atoms with van der Waals surface area (Å²) in [5, 5.41) is 11.1. The Morgan fingerprint density at radius 3 is 2.26 bits per heavy atom. The first-order chi connectivity index (χ1) is 10.9. The van der Waals surface area contributed by atoms with Crippen molar-refractivity contribution in [2.45, 2.75) is 64.4 Å². The van der Waals surface area contributed by atoms with Crippen LogP contribution in [0, 0.1) is 11.8 Å². The maximum absolute atomic E-state index is 13.1. The van der Waals surface area contributed by atoms with E-state index in [9.17, 15) is 13.9 Å². The lowest BCUT2D eigenvalue weighted by atomic mass is 9.72. The number of benzene rings is 1. The van der Waals surface area contributed by atoms with Gasteiger partial charge in [-0.15, -0.1) is 0 Å². The Morgan fingerprint density at radius 1 is 1.13 bits per heavy atom. The normalized spacial score (nSPS) is 19.1. The van der Waals surface area contributed by atoms with Crippen molar-refractivity contribution in [3.63, 3.8) is 0 Å². The summed E-state index contributed by atoms with van der Waals surface area (Å²) in [5.74, 6) is 1.05. The Labute approximate surface area is 137 Å². The number of aliphatic hydroxyl groups is 1. The minimum Gasteiger partial charge on any atom is -0.493 e. The molecule has 1 N–H and O–H groups in total. The molecule has 0 spiro atoms. The van der Waals surface area contributed by atoms with Gasteiger partial charge in [0.2, 0.25) is 6.43 Å². The average Bonchev–Trinajstić information content (AvgIpc) is 2.53. The van der Waals surface area contributed by atoms with Crippen LogP contribution >= 0.6 is 0 Å². The van der Waals surface area contributed by atoms with Gasteiger partial charge in [0.05, 0.1) is 12.2 Å². The molecule has 0 saturated heterocycles. The third-order valence-electron chi connectivity index (χ3n) is 4.68. The van der Waals surface area contributed by atoms with Gasteiger partial charge in [0.25, 0.3) is 0 Å². The van der Waals surface area contributed by atoms with Crippen LogP contribution in [0.1, 0.15) is 57.9 Å². The van der Waals surface area contributed by atoms with Crippen molar-refractivity contribution in [3.05, 3.63) is 29.8 Å². The summed E-state index contributed by atoms with van der Waals surface area (Å²) in [6.45, 7) is 4.75. The Morgan fingerprint density at radius 2 is 1.74 bits per heavy atom. The number of hydrogen-bond acceptors (Lipinski definition) is 2. The molecule has 1 aromatic rings. The highest BCUT2D eigenvalue weighted by molar-refractivity contribution is 5.31. The molecule has 23 heavy (non-hydrogen) atoms. The summed E-state index contributed by atoms with van der Waals surface area (Å²) in [7, 11) is 0. The number of rotatable bonds is 7. The number of ether oxygens (including phenoxy) is 1. The van der Waals surface area contributed by atoms with Crippen LogP contribution in [0.15, 0.2) is 24.3 Å². The van der Waals surface area contributed by atoms with Crippen LogP contribution in [-0.4, -0.2) is 18.1 Å². The first-order valence-electron chi connectivity index (χ1n) is 8.65. The monoisotopic (exact) mass is 326 g/mol. The fourth-order valence-corrected chi connectivity index (χ4v) is 3.44. The second-order valence-corrected chi connectivity index (χ2v) is 7.08. The molecule has 1 aromatic carbocycles. The van der Waals surface area contributed by atoms with Gasteiger partial charge in [0.15, 0.2) is 0 Å². The van der Waals surface area contributed by atoms with Crippen molar-refractivity contribution in [2.75, 3.05) is 6.61 Å². The standard InChI is InChI=1S/C19H28F2O2/c1-14(2)13-23-17-10-8-16(9-11-17)19(22,12-18(20)21)15-6-4-3-5-7-15/h8-11,14-15,18,22H,3-7,12-13H2,1-2H3. The highest BCUT2D eigenvalue weighted by Gasteiger charge is 2.41. The highest BCUT2D eigenvalue weighted by atomic mass is 19.3. The molecule has 1 aliphatic rings. The second kappa shape index (κ2) is 8.09. The van der Waals surface area contributed by atoms with Crippen LogP contribution < -0.4 is 4.74 Å². The topological polar surface area (TPSA) is 29.5 Å². The van der Waals surface area contributed by atoms with Crippen molar-refractivity contribution in [1.82, 2.24) is 0 Å². The third kappa shape index (κ3) is 4.90. The predicted octanol–water partition coefficient (Wildman–Crippen LogP) is 5.14. The van der Waals surface area contributed by atoms with E-state index in [2.05, 4.69) is 13.8 Å². The molecule has 0 heterocycles. The molecule has 1 unspecified atom stereocenters. The lowest BCUT2D eigenvalue weighted by molar-refractivity contribution is -0.0809. The van der Waals surface area contributed by atoms with E-state index >= 15 is 0 Å². The molecule has 2 nitrogen and oxygen atoms in total. The number of halogens is 2. The van der Waals surface area contributed by atoms with Crippen LogP contribution in [0.3, 0.4) is 0 Å². The molecular weight excluding hydrogens is 298 g/mol. The molecule has 130 valence electrons. The summed E-state index contributed by atoms with van der Waals surface area (Å²) < 4.78 is 31.8. The van der Waals surface area contributed by atoms with Gasteiger partial charge in [-0.3, -0.25) is 0 Å². The van der Waals surface area contributed by atoms with Crippen LogP contribution in [-0.2, 0) is 5.60 Å². The average molecular weight is 326 g/mol. The van der Waals surface area contributed by atoms with Gasteiger partial charge in [0, 0.05) is 6.42 Å². The molecular formula is C19H28F2O2. The van der Waals surface area contributed by atoms with E-state index < -0.39 is 18.4 Å². The van der Waals surface area contributed by atoms with Crippen LogP contribution in [0.2, 0.25) is 0 Å². The fourth-order valence-electron chi connectivity index (χ4n) is 3.44. The lowest BCUT2D eigenvalue weighted by Crippen LogP contribution is -2.38. The van der Waals surface area contributed by atoms with Crippen molar-refractivity contribution in [3.8, 4) is 5.75 Å². The molecule has 2 rings (SSSR count). The van der Waals surface area contributed by atoms with Gasteiger partial charge >= 0.3 is 0 Å². The summed E-state index contributed by atoms with van der Waals surface area (Å²) in [6, 6.07) is 7.03. The van der Waals surface area contributed by atoms with E-state index in [0.29, 0.717) is 23.8 Å². The minimum absolute atomic E-state index is 0.0901. The SMILES string of the molecule is CC(C)COc1ccc(C(O)(CC(F)F)C2CCCCC2)cc1. The van der Waals surface area contributed by atoms with Gasteiger partial charge in [-0.05, 0) is 42.4 Å². The summed E-state index contributed by atoms with van der Waals surface area (Å²) in [5.41, 5.74) is -0.855. The summed E-state index contributed by atoms with van der Waals surface area (Å²) in [6.07, 6.45) is 1.76. The van der Waals surface area contributed by atoms with Crippen molar-refractivity contribution in [2.24, 2.45) is 11.8 Å². The zero-order valence-electron chi connectivity index (χ0n) is 14.1. The third-order valence-corrected chi connectivity index (χ3v) is 4.68. The van der Waals surface area contributed by atoms with E-state index in [0.717, 1.165) is 32.1 Å². The molecule has 4 heteroatoms. The molecule has 0 bridgehead atoms. The summed E-state index contributed by atoms with van der Waals surface area (Å²) in [4.78, 5) is 0. The molecule has 0 amide bonds. The Bertz CT molecular complexity index is 467. The molecule has 1 fully saturated rings. The second-order valence-electron chi connectivity index (χ2n) is 7.08. The van der Waals surface area contributed by atoms with Crippen LogP contribution in [0.25, 0.3) is 0 Å². The highest BCUT2D eigenvalue weighted by Crippen LogP contribution is 2.43. The maximum atomic E-state index is 13.1. The van der Waals surface area contributed by atoms with Gasteiger partial charge in [0.1, 0.15) is 5.75 Å². The molecule has 1 aliphatic carbocycles. The van der Waals surface area contributed by atoms with Gasteiger partial charge in [-0.25, -0.2) is 8.78 Å². The quantitative estimate of drug-likeness (QED) is 0.751. The van der Waals surface area contributed by atoms with E-state index in [1.165, 1.54) is 0 Å². The maximum Gasteiger partial charge on any atom is 0.241 e. The molecule has 1 saturated carbocycles. The molecule has 1 atom stereocenters. The zero-order chi connectivity index (χ0) is 16.9. The van der Waals surface area contributed by atoms with Gasteiger partial charge in [-0.2, -0.15) is 0 Å². The Hall–Kier alpha value is -1.16. The molecule has 0 aromatic heterocycles. The Kier molecular flexibility index (Phi) is 6.40. The van der Waals surface area contributed by atoms with Crippen molar-refractivity contribution < 1.29 is 18.6 Å². The number of hydrogen-bond donors (Lipinski definition) is 1. The van der Waals surface area contributed by atoms with Crippen LogP contribution in [0.5, 0.6) is 5.75 Å². The zero-order valence-corrected chi connectivity index (χ0v) is 14.1. The van der Waals surface area contributed by atoms with Gasteiger partial charge < -0.3 is 9.84 Å². The van der Waals surface area contributed by atoms with Gasteiger partial charge in [-0.1, -0.05) is 45.2 Å². The van der Waals surface area contributed by atoms with Crippen molar-refractivity contribution >= 4 is 0 Å². The van der Waals surface area contributed by atoms with Crippen molar-refractivity contribution in [1.29, 1.82) is 0 Å². The number of alkyl halides is 2. The van der Waals surface area contributed by atoms with E-state index in [1.807, 2.05) is 0 Å². The summed E-state index contributed by atoms with van der Waals surface area (Å²) >= 11 is 0. The van der Waals surface area contributed by atoms with Crippen LogP contribution in [0.4, 0.5) is 8.78 Å². The fraction of sp³-hybridized carbons (Fsp3) is 0.684. The van der Waals surface area contributed by atoms with E-state index in [-0.39, 0.29) is 5.92 Å². The first-order valence-corrected chi connectivity index (χ1v) is 8.65. The Balaban J connectivity index is 2.17.